The first-order valence-corrected chi connectivity index (χ1v) is 57.1. The van der Waals surface area contributed by atoms with Crippen molar-refractivity contribution >= 4 is 35.8 Å². The van der Waals surface area contributed by atoms with E-state index in [2.05, 4.69) is 41.5 Å². The summed E-state index contributed by atoms with van der Waals surface area (Å²) in [5.41, 5.74) is 0. The molecule has 0 aliphatic rings. The Kier molecular flexibility index (Phi) is 110. The average Bonchev–Trinajstić information content (AvgIpc) is 0.945. The van der Waals surface area contributed by atoms with Crippen LogP contribution in [0.2, 0.25) is 0 Å². The first-order valence-electron chi connectivity index (χ1n) is 57.1. The maximum atomic E-state index is 12.8. The summed E-state index contributed by atoms with van der Waals surface area (Å²) in [5.74, 6) is -1.66. The van der Waals surface area contributed by atoms with Gasteiger partial charge in [0.1, 0.15) is 26.4 Å². The number of unbranched alkanes of at least 4 members (excludes halogenated alkanes) is 84. The van der Waals surface area contributed by atoms with Crippen molar-refractivity contribution < 1.29 is 57.2 Å². The number of esters is 6. The lowest BCUT2D eigenvalue weighted by molar-refractivity contribution is -0.167. The van der Waals surface area contributed by atoms with Crippen LogP contribution in [0.15, 0.2) is 0 Å². The highest BCUT2D eigenvalue weighted by Gasteiger charge is 2.22. The second kappa shape index (κ2) is 111. The third-order valence-corrected chi connectivity index (χ3v) is 26.2. The largest absolute Gasteiger partial charge is 0.462 e. The smallest absolute Gasteiger partial charge is 0.306 e. The van der Waals surface area contributed by atoms with E-state index in [1.165, 1.54) is 462 Å². The second-order valence-electron chi connectivity index (χ2n) is 39.2. The highest BCUT2D eigenvalue weighted by atomic mass is 16.6. The summed E-state index contributed by atoms with van der Waals surface area (Å²) in [5, 5.41) is 0. The first kappa shape index (κ1) is 125. The van der Waals surface area contributed by atoms with Crippen LogP contribution >= 0.6 is 0 Å². The van der Waals surface area contributed by atoms with E-state index in [-0.39, 0.29) is 62.2 Å². The quantitative estimate of drug-likeness (QED) is 0.0323. The number of carbonyl (C=O) groups excluding carboxylic acids is 6. The Labute approximate surface area is 785 Å². The van der Waals surface area contributed by atoms with Gasteiger partial charge in [-0.3, -0.25) is 28.8 Å². The molecule has 748 valence electrons. The molecule has 0 saturated heterocycles. The molecule has 0 aromatic carbocycles. The molecular weight excluding hydrogens is 1560 g/mol. The van der Waals surface area contributed by atoms with E-state index in [1.54, 1.807) is 0 Å². The van der Waals surface area contributed by atoms with Crippen LogP contribution in [0, 0.1) is 0 Å². The molecule has 0 radical (unpaired) electrons. The molecule has 0 heterocycles. The van der Waals surface area contributed by atoms with Crippen molar-refractivity contribution in [3.05, 3.63) is 0 Å². The monoisotopic (exact) mass is 1780 g/mol. The summed E-state index contributed by atoms with van der Waals surface area (Å²) in [6.45, 7) is 13.4. The molecule has 0 aromatic heterocycles. The van der Waals surface area contributed by atoms with E-state index >= 15 is 0 Å². The number of hydrogen-bond acceptors (Lipinski definition) is 12. The molecule has 12 heteroatoms. The standard InChI is InChI=1S/2C57H110O6/c2*1-4-7-10-13-16-19-22-25-28-31-34-37-40-43-46-49-55(58)61-52-54(63-57(60)51-48-45-42-39-36-33-30-27-24-21-18-15-12-9-6-3)53-62-56(59)50-47-44-41-38-35-32-29-26-23-20-17-14-11-8-5-2/h2*54H,4-53H2,1-3H3. The molecule has 0 amide bonds. The molecule has 0 fully saturated rings. The van der Waals surface area contributed by atoms with E-state index in [0.717, 1.165) is 116 Å². The number of hydrogen-bond donors (Lipinski definition) is 0. The molecule has 0 aromatic rings. The molecule has 0 rings (SSSR count). The summed E-state index contributed by atoms with van der Waals surface area (Å²) in [6.07, 6.45) is 116. The summed E-state index contributed by atoms with van der Waals surface area (Å²) in [7, 11) is 0. The van der Waals surface area contributed by atoms with Crippen molar-refractivity contribution in [3.63, 3.8) is 0 Å². The van der Waals surface area contributed by atoms with Crippen LogP contribution in [-0.2, 0) is 57.2 Å². The summed E-state index contributed by atoms with van der Waals surface area (Å²) in [4.78, 5) is 76.2. The first-order chi connectivity index (χ1) is 62.1. The van der Waals surface area contributed by atoms with Gasteiger partial charge in [0.2, 0.25) is 0 Å². The Morgan fingerprint density at radius 2 is 0.214 bits per heavy atom. The van der Waals surface area contributed by atoms with Gasteiger partial charge in [0.15, 0.2) is 12.2 Å². The van der Waals surface area contributed by atoms with E-state index in [9.17, 15) is 28.8 Å². The molecule has 0 bridgehead atoms. The van der Waals surface area contributed by atoms with E-state index in [4.69, 9.17) is 28.4 Å². The normalized spacial score (nSPS) is 11.4. The average molecular weight is 1780 g/mol. The minimum Gasteiger partial charge on any atom is -0.462 e. The van der Waals surface area contributed by atoms with E-state index in [0.29, 0.717) is 38.5 Å². The lowest BCUT2D eigenvalue weighted by Crippen LogP contribution is -2.30. The Morgan fingerprint density at radius 1 is 0.127 bits per heavy atom. The van der Waals surface area contributed by atoms with Gasteiger partial charge in [-0.25, -0.2) is 0 Å². The lowest BCUT2D eigenvalue weighted by Gasteiger charge is -2.18. The molecule has 0 saturated carbocycles. The molecule has 0 unspecified atom stereocenters. The Hall–Kier alpha value is -3.18. The molecule has 0 N–H and O–H groups in total. The molecule has 12 nitrogen and oxygen atoms in total. The van der Waals surface area contributed by atoms with Crippen LogP contribution in [0.1, 0.15) is 658 Å². The Bertz CT molecular complexity index is 1920. The Morgan fingerprint density at radius 3 is 0.317 bits per heavy atom. The highest BCUT2D eigenvalue weighted by molar-refractivity contribution is 5.72. The summed E-state index contributed by atoms with van der Waals surface area (Å²) >= 11 is 0. The predicted octanol–water partition coefficient (Wildman–Crippen LogP) is 37.5. The van der Waals surface area contributed by atoms with Gasteiger partial charge in [0.25, 0.3) is 0 Å². The predicted molar refractivity (Wildman–Crippen MR) is 541 cm³/mol. The van der Waals surface area contributed by atoms with Crippen LogP contribution in [0.4, 0.5) is 0 Å². The van der Waals surface area contributed by atoms with Crippen LogP contribution in [0.3, 0.4) is 0 Å². The van der Waals surface area contributed by atoms with Gasteiger partial charge in [0, 0.05) is 38.5 Å². The van der Waals surface area contributed by atoms with Gasteiger partial charge in [-0.15, -0.1) is 0 Å². The molecule has 126 heavy (non-hydrogen) atoms. The SMILES string of the molecule is CCCCCCCCCCCCCCCCCC(=O)OCC(COC(=O)CCCCCCCCCCCCCCCCC)OC(=O)CCCCCCCCCCCCCCCCC.CCCCCCCCCCCCCCCCCC(=O)OCC(COC(=O)CCCCCCCCCCCCCCCCC)OC(=O)CCCCCCCCCCCCCCCCC. The zero-order valence-corrected chi connectivity index (χ0v) is 85.8. The van der Waals surface area contributed by atoms with Gasteiger partial charge in [-0.05, 0) is 38.5 Å². The maximum Gasteiger partial charge on any atom is 0.306 e. The van der Waals surface area contributed by atoms with Crippen LogP contribution < -0.4 is 0 Å². The van der Waals surface area contributed by atoms with E-state index < -0.39 is 12.2 Å². The lowest BCUT2D eigenvalue weighted by atomic mass is 10.0. The fourth-order valence-corrected chi connectivity index (χ4v) is 17.6. The Balaban J connectivity index is 0. The van der Waals surface area contributed by atoms with Crippen LogP contribution in [0.5, 0.6) is 0 Å². The molecule has 0 spiro atoms. The van der Waals surface area contributed by atoms with Gasteiger partial charge in [0.05, 0.1) is 0 Å². The van der Waals surface area contributed by atoms with Crippen LogP contribution in [0.25, 0.3) is 0 Å². The van der Waals surface area contributed by atoms with Crippen molar-refractivity contribution in [2.45, 2.75) is 670 Å². The minimum absolute atomic E-state index is 0.0611. The second-order valence-corrected chi connectivity index (χ2v) is 39.2. The summed E-state index contributed by atoms with van der Waals surface area (Å²) in [6, 6.07) is 0. The van der Waals surface area contributed by atoms with Crippen molar-refractivity contribution in [2.24, 2.45) is 0 Å². The van der Waals surface area contributed by atoms with Crippen LogP contribution in [-0.4, -0.2) is 74.5 Å². The minimum atomic E-state index is -0.760. The van der Waals surface area contributed by atoms with Crippen molar-refractivity contribution in [1.29, 1.82) is 0 Å². The fourth-order valence-electron chi connectivity index (χ4n) is 17.6. The van der Waals surface area contributed by atoms with Gasteiger partial charge in [-0.1, -0.05) is 581 Å². The maximum absolute atomic E-state index is 12.8. The van der Waals surface area contributed by atoms with Gasteiger partial charge >= 0.3 is 35.8 Å². The van der Waals surface area contributed by atoms with Gasteiger partial charge < -0.3 is 28.4 Å². The van der Waals surface area contributed by atoms with Crippen molar-refractivity contribution in [2.75, 3.05) is 26.4 Å². The molecular formula is C114H220O12. The number of rotatable bonds is 106. The molecule has 0 aliphatic carbocycles. The molecule has 0 atom stereocenters. The van der Waals surface area contributed by atoms with Crippen molar-refractivity contribution in [1.82, 2.24) is 0 Å². The topological polar surface area (TPSA) is 158 Å². The molecule has 0 aliphatic heterocycles. The number of carbonyl (C=O) groups is 6. The summed E-state index contributed by atoms with van der Waals surface area (Å²) < 4.78 is 33.8. The number of ether oxygens (including phenoxy) is 6. The third kappa shape index (κ3) is 108. The third-order valence-electron chi connectivity index (χ3n) is 26.2. The zero-order valence-electron chi connectivity index (χ0n) is 85.8. The van der Waals surface area contributed by atoms with Gasteiger partial charge in [-0.2, -0.15) is 0 Å². The highest BCUT2D eigenvalue weighted by Crippen LogP contribution is 2.23. The fraction of sp³-hybridized carbons (Fsp3) is 0.947. The van der Waals surface area contributed by atoms with E-state index in [1.807, 2.05) is 0 Å². The zero-order chi connectivity index (χ0) is 91.6. The van der Waals surface area contributed by atoms with Crippen molar-refractivity contribution in [3.8, 4) is 0 Å².